The number of nitrogens with one attached hydrogen (secondary N) is 1. The van der Waals surface area contributed by atoms with Crippen molar-refractivity contribution < 1.29 is 4.79 Å². The number of aryl methyl sites for hydroxylation is 1. The predicted octanol–water partition coefficient (Wildman–Crippen LogP) is 2.21. The van der Waals surface area contributed by atoms with Gasteiger partial charge in [0, 0.05) is 32.0 Å². The van der Waals surface area contributed by atoms with Crippen molar-refractivity contribution in [3.8, 4) is 5.82 Å². The monoisotopic (exact) mass is 341 g/mol. The van der Waals surface area contributed by atoms with Gasteiger partial charge in [0.1, 0.15) is 11.4 Å². The molecule has 1 N–H and O–H groups in total. The molecule has 2 fully saturated rings. The van der Waals surface area contributed by atoms with Crippen molar-refractivity contribution in [1.29, 1.82) is 0 Å². The van der Waals surface area contributed by atoms with E-state index >= 15 is 0 Å². The lowest BCUT2D eigenvalue weighted by Crippen LogP contribution is -2.51. The first-order valence-electron chi connectivity index (χ1n) is 9.41. The summed E-state index contributed by atoms with van der Waals surface area (Å²) >= 11 is 0. The maximum Gasteiger partial charge on any atom is 0.256 e. The number of nitrogens with zero attached hydrogens (tertiary/aromatic N) is 4. The number of rotatable bonds is 4. The van der Waals surface area contributed by atoms with Gasteiger partial charge in [0.15, 0.2) is 0 Å². The van der Waals surface area contributed by atoms with Gasteiger partial charge in [-0.1, -0.05) is 6.42 Å². The van der Waals surface area contributed by atoms with Crippen LogP contribution in [0.2, 0.25) is 0 Å². The number of carbonyl (C=O) groups is 1. The molecule has 4 heterocycles. The molecule has 2 aliphatic rings. The van der Waals surface area contributed by atoms with Crippen LogP contribution in [0, 0.1) is 5.92 Å². The second-order valence-corrected chi connectivity index (χ2v) is 7.31. The summed E-state index contributed by atoms with van der Waals surface area (Å²) in [7, 11) is 1.87. The predicted molar refractivity (Wildman–Crippen MR) is 96.8 cm³/mol. The average molecular weight is 341 g/mol. The van der Waals surface area contributed by atoms with Gasteiger partial charge in [0.05, 0.1) is 6.20 Å². The average Bonchev–Trinajstić information content (AvgIpc) is 3.29. The number of hydrogen-bond donors (Lipinski definition) is 1. The van der Waals surface area contributed by atoms with E-state index in [-0.39, 0.29) is 5.91 Å². The van der Waals surface area contributed by atoms with E-state index in [9.17, 15) is 4.79 Å². The highest BCUT2D eigenvalue weighted by molar-refractivity contribution is 5.97. The molecule has 2 aromatic rings. The van der Waals surface area contributed by atoms with Crippen molar-refractivity contribution >= 4 is 5.91 Å². The molecule has 6 heteroatoms. The molecular formula is C19H27N5O. The van der Waals surface area contributed by atoms with E-state index in [1.807, 2.05) is 36.1 Å². The van der Waals surface area contributed by atoms with Gasteiger partial charge in [-0.05, 0) is 56.8 Å². The number of piperidine rings is 2. The molecule has 2 aliphatic heterocycles. The summed E-state index contributed by atoms with van der Waals surface area (Å²) in [6.07, 6.45) is 11.9. The highest BCUT2D eigenvalue weighted by Crippen LogP contribution is 2.30. The van der Waals surface area contributed by atoms with E-state index in [0.717, 1.165) is 12.4 Å². The second kappa shape index (κ2) is 7.04. The summed E-state index contributed by atoms with van der Waals surface area (Å²) in [4.78, 5) is 15.4. The number of hydrogen-bond acceptors (Lipinski definition) is 3. The van der Waals surface area contributed by atoms with Gasteiger partial charge >= 0.3 is 0 Å². The first-order chi connectivity index (χ1) is 12.2. The summed E-state index contributed by atoms with van der Waals surface area (Å²) in [5.74, 6) is 1.36. The maximum absolute atomic E-state index is 12.8. The third-order valence-corrected chi connectivity index (χ3v) is 5.75. The van der Waals surface area contributed by atoms with Crippen molar-refractivity contribution in [3.05, 3.63) is 36.3 Å². The summed E-state index contributed by atoms with van der Waals surface area (Å²) in [6.45, 7) is 3.23. The Balaban J connectivity index is 1.44. The third kappa shape index (κ3) is 3.23. The zero-order valence-electron chi connectivity index (χ0n) is 14.9. The Morgan fingerprint density at radius 3 is 2.84 bits per heavy atom. The van der Waals surface area contributed by atoms with Crippen LogP contribution in [0.4, 0.5) is 0 Å². The molecule has 4 rings (SSSR count). The fourth-order valence-electron chi connectivity index (χ4n) is 4.51. The summed E-state index contributed by atoms with van der Waals surface area (Å²) in [5, 5.41) is 7.47. The van der Waals surface area contributed by atoms with Crippen LogP contribution in [-0.2, 0) is 7.05 Å². The Hall–Kier alpha value is -2.08. The van der Waals surface area contributed by atoms with Crippen molar-refractivity contribution in [2.24, 2.45) is 13.0 Å². The molecule has 2 aromatic heterocycles. The van der Waals surface area contributed by atoms with Gasteiger partial charge in [0.2, 0.25) is 0 Å². The fourth-order valence-corrected chi connectivity index (χ4v) is 4.51. The van der Waals surface area contributed by atoms with Crippen LogP contribution >= 0.6 is 0 Å². The molecular weight excluding hydrogens is 314 g/mol. The Morgan fingerprint density at radius 1 is 1.20 bits per heavy atom. The molecule has 2 saturated heterocycles. The van der Waals surface area contributed by atoms with E-state index in [4.69, 9.17) is 0 Å². The Labute approximate surface area is 148 Å². The van der Waals surface area contributed by atoms with Crippen molar-refractivity contribution in [3.63, 3.8) is 0 Å². The standard InChI is InChI=1S/C19H27N5O/c1-22-19(24-10-4-5-11-24)16(14-21-22)18(25)20-13-15-7-6-12-23-9-3-2-8-17(15)23/h4-5,10-11,14-15,17H,2-3,6-9,12-13H2,1H3,(H,20,25)/t15-,17-/m1/s1. The first kappa shape index (κ1) is 16.4. The van der Waals surface area contributed by atoms with Crippen LogP contribution in [-0.4, -0.2) is 50.8 Å². The molecule has 1 amide bonds. The minimum atomic E-state index is -0.0234. The highest BCUT2D eigenvalue weighted by Gasteiger charge is 2.33. The normalized spacial score (nSPS) is 24.0. The van der Waals surface area contributed by atoms with Crippen LogP contribution in [0.25, 0.3) is 5.82 Å². The molecule has 134 valence electrons. The Morgan fingerprint density at radius 2 is 2.00 bits per heavy atom. The van der Waals surface area contributed by atoms with Gasteiger partial charge < -0.3 is 14.8 Å². The number of carbonyl (C=O) groups excluding carboxylic acids is 1. The van der Waals surface area contributed by atoms with E-state index in [0.29, 0.717) is 17.5 Å². The minimum Gasteiger partial charge on any atom is -0.352 e. The first-order valence-corrected chi connectivity index (χ1v) is 9.41. The van der Waals surface area contributed by atoms with Gasteiger partial charge in [-0.3, -0.25) is 9.48 Å². The van der Waals surface area contributed by atoms with E-state index < -0.39 is 0 Å². The number of amides is 1. The second-order valence-electron chi connectivity index (χ2n) is 7.31. The highest BCUT2D eigenvalue weighted by atomic mass is 16.1. The van der Waals surface area contributed by atoms with E-state index in [1.165, 1.54) is 45.2 Å². The third-order valence-electron chi connectivity index (χ3n) is 5.75. The maximum atomic E-state index is 12.8. The SMILES string of the molecule is Cn1ncc(C(=O)NC[C@H]2CCCN3CCCC[C@H]23)c1-n1cccc1. The van der Waals surface area contributed by atoms with Crippen LogP contribution < -0.4 is 5.32 Å². The van der Waals surface area contributed by atoms with Crippen LogP contribution in [0.3, 0.4) is 0 Å². The molecule has 0 saturated carbocycles. The quantitative estimate of drug-likeness (QED) is 0.928. The summed E-state index contributed by atoms with van der Waals surface area (Å²) < 4.78 is 3.68. The van der Waals surface area contributed by atoms with Gasteiger partial charge in [-0.15, -0.1) is 0 Å². The Bertz CT molecular complexity index is 718. The van der Waals surface area contributed by atoms with Gasteiger partial charge in [0.25, 0.3) is 5.91 Å². The topological polar surface area (TPSA) is 55.1 Å². The van der Waals surface area contributed by atoms with Gasteiger partial charge in [-0.25, -0.2) is 0 Å². The smallest absolute Gasteiger partial charge is 0.256 e. The van der Waals surface area contributed by atoms with Crippen molar-refractivity contribution in [2.45, 2.75) is 38.1 Å². The number of fused-ring (bicyclic) bond motifs is 1. The molecule has 0 radical (unpaired) electrons. The van der Waals surface area contributed by atoms with E-state index in [1.54, 1.807) is 10.9 Å². The van der Waals surface area contributed by atoms with E-state index in [2.05, 4.69) is 15.3 Å². The minimum absolute atomic E-state index is 0.0234. The molecule has 0 bridgehead atoms. The molecule has 0 aromatic carbocycles. The lowest BCUT2D eigenvalue weighted by atomic mass is 9.83. The molecule has 25 heavy (non-hydrogen) atoms. The molecule has 2 atom stereocenters. The van der Waals surface area contributed by atoms with Crippen LogP contribution in [0.5, 0.6) is 0 Å². The molecule has 0 aliphatic carbocycles. The summed E-state index contributed by atoms with van der Waals surface area (Å²) in [6, 6.07) is 4.56. The van der Waals surface area contributed by atoms with Crippen molar-refractivity contribution in [2.75, 3.05) is 19.6 Å². The summed E-state index contributed by atoms with van der Waals surface area (Å²) in [5.41, 5.74) is 0.634. The molecule has 0 unspecified atom stereocenters. The molecule has 0 spiro atoms. The van der Waals surface area contributed by atoms with Crippen LogP contribution in [0.1, 0.15) is 42.5 Å². The zero-order valence-corrected chi connectivity index (χ0v) is 14.9. The lowest BCUT2D eigenvalue weighted by Gasteiger charge is -2.44. The fraction of sp³-hybridized carbons (Fsp3) is 0.579. The van der Waals surface area contributed by atoms with Crippen molar-refractivity contribution in [1.82, 2.24) is 24.6 Å². The zero-order chi connectivity index (χ0) is 17.2. The van der Waals surface area contributed by atoms with Gasteiger partial charge in [-0.2, -0.15) is 5.10 Å². The lowest BCUT2D eigenvalue weighted by molar-refractivity contribution is 0.0575. The largest absolute Gasteiger partial charge is 0.352 e. The van der Waals surface area contributed by atoms with Crippen LogP contribution in [0.15, 0.2) is 30.7 Å². The molecule has 6 nitrogen and oxygen atoms in total. The Kier molecular flexibility index (Phi) is 4.61. The number of aromatic nitrogens is 3.